The SMILES string of the molecule is CCCC(NCC1CCCC1CO)C(=O)OCC. The lowest BCUT2D eigenvalue weighted by Crippen LogP contribution is -2.41. The van der Waals surface area contributed by atoms with E-state index >= 15 is 0 Å². The molecule has 4 nitrogen and oxygen atoms in total. The Balaban J connectivity index is 2.38. The summed E-state index contributed by atoms with van der Waals surface area (Å²) in [6, 6.07) is -0.185. The zero-order valence-electron chi connectivity index (χ0n) is 11.7. The molecule has 0 amide bonds. The Kier molecular flexibility index (Phi) is 7.28. The Hall–Kier alpha value is -0.610. The number of aliphatic hydroxyl groups excluding tert-OH is 1. The molecule has 0 aromatic carbocycles. The highest BCUT2D eigenvalue weighted by atomic mass is 16.5. The molecule has 3 atom stereocenters. The molecular weight excluding hydrogens is 230 g/mol. The van der Waals surface area contributed by atoms with Crippen LogP contribution in [0.25, 0.3) is 0 Å². The van der Waals surface area contributed by atoms with Gasteiger partial charge in [0.15, 0.2) is 0 Å². The average Bonchev–Trinajstić information content (AvgIpc) is 2.82. The first kappa shape index (κ1) is 15.4. The van der Waals surface area contributed by atoms with Gasteiger partial charge in [0, 0.05) is 6.61 Å². The topological polar surface area (TPSA) is 58.6 Å². The summed E-state index contributed by atoms with van der Waals surface area (Å²) in [4.78, 5) is 11.8. The van der Waals surface area contributed by atoms with Crippen LogP contribution >= 0.6 is 0 Å². The molecule has 1 aliphatic carbocycles. The fourth-order valence-corrected chi connectivity index (χ4v) is 2.75. The molecule has 1 rings (SSSR count). The average molecular weight is 257 g/mol. The molecule has 1 saturated carbocycles. The van der Waals surface area contributed by atoms with Gasteiger partial charge in [0.2, 0.25) is 0 Å². The van der Waals surface area contributed by atoms with Crippen molar-refractivity contribution < 1.29 is 14.6 Å². The minimum Gasteiger partial charge on any atom is -0.465 e. The first-order valence-electron chi connectivity index (χ1n) is 7.23. The van der Waals surface area contributed by atoms with E-state index in [1.165, 1.54) is 6.42 Å². The zero-order valence-corrected chi connectivity index (χ0v) is 11.7. The van der Waals surface area contributed by atoms with E-state index in [2.05, 4.69) is 12.2 Å². The molecule has 1 fully saturated rings. The minimum atomic E-state index is -0.185. The number of hydrogen-bond donors (Lipinski definition) is 2. The van der Waals surface area contributed by atoms with Crippen molar-refractivity contribution in [3.05, 3.63) is 0 Å². The smallest absolute Gasteiger partial charge is 0.323 e. The van der Waals surface area contributed by atoms with Gasteiger partial charge in [-0.25, -0.2) is 0 Å². The first-order chi connectivity index (χ1) is 8.72. The van der Waals surface area contributed by atoms with Gasteiger partial charge in [0.1, 0.15) is 6.04 Å². The second kappa shape index (κ2) is 8.48. The van der Waals surface area contributed by atoms with Crippen LogP contribution in [0.1, 0.15) is 46.0 Å². The Morgan fingerprint density at radius 1 is 1.39 bits per heavy atom. The largest absolute Gasteiger partial charge is 0.465 e. The maximum absolute atomic E-state index is 11.8. The van der Waals surface area contributed by atoms with E-state index in [-0.39, 0.29) is 18.6 Å². The van der Waals surface area contributed by atoms with E-state index in [9.17, 15) is 9.90 Å². The van der Waals surface area contributed by atoms with Gasteiger partial charge in [-0.05, 0) is 44.6 Å². The lowest BCUT2D eigenvalue weighted by atomic mass is 9.96. The molecule has 0 aromatic rings. The van der Waals surface area contributed by atoms with Crippen molar-refractivity contribution in [2.45, 2.75) is 52.0 Å². The summed E-state index contributed by atoms with van der Waals surface area (Å²) in [5.41, 5.74) is 0. The Morgan fingerprint density at radius 3 is 2.72 bits per heavy atom. The summed E-state index contributed by atoms with van der Waals surface area (Å²) in [6.45, 7) is 5.42. The lowest BCUT2D eigenvalue weighted by molar-refractivity contribution is -0.145. The van der Waals surface area contributed by atoms with Gasteiger partial charge in [0.05, 0.1) is 6.61 Å². The number of carbonyl (C=O) groups excluding carboxylic acids is 1. The maximum atomic E-state index is 11.8. The van der Waals surface area contributed by atoms with Gasteiger partial charge in [-0.2, -0.15) is 0 Å². The highest BCUT2D eigenvalue weighted by molar-refractivity contribution is 5.75. The van der Waals surface area contributed by atoms with Crippen molar-refractivity contribution in [3.8, 4) is 0 Å². The van der Waals surface area contributed by atoms with Gasteiger partial charge >= 0.3 is 5.97 Å². The molecule has 4 heteroatoms. The molecular formula is C14H27NO3. The summed E-state index contributed by atoms with van der Waals surface area (Å²) in [6.07, 6.45) is 5.23. The van der Waals surface area contributed by atoms with Crippen molar-refractivity contribution in [1.29, 1.82) is 0 Å². The predicted octanol–water partition coefficient (Wildman–Crippen LogP) is 1.72. The summed E-state index contributed by atoms with van der Waals surface area (Å²) in [5, 5.41) is 12.6. The Morgan fingerprint density at radius 2 is 2.11 bits per heavy atom. The third-order valence-electron chi connectivity index (χ3n) is 3.83. The predicted molar refractivity (Wildman–Crippen MR) is 71.2 cm³/mol. The number of aliphatic hydroxyl groups is 1. The number of carbonyl (C=O) groups is 1. The van der Waals surface area contributed by atoms with E-state index in [4.69, 9.17) is 4.74 Å². The lowest BCUT2D eigenvalue weighted by Gasteiger charge is -2.22. The van der Waals surface area contributed by atoms with E-state index in [1.54, 1.807) is 0 Å². The summed E-state index contributed by atoms with van der Waals surface area (Å²) in [7, 11) is 0. The Labute approximate surface area is 110 Å². The molecule has 0 aliphatic heterocycles. The summed E-state index contributed by atoms with van der Waals surface area (Å²) in [5.74, 6) is 0.767. The van der Waals surface area contributed by atoms with Crippen molar-refractivity contribution in [3.63, 3.8) is 0 Å². The molecule has 0 spiro atoms. The van der Waals surface area contributed by atoms with E-state index in [0.717, 1.165) is 32.2 Å². The first-order valence-corrected chi connectivity index (χ1v) is 7.23. The summed E-state index contributed by atoms with van der Waals surface area (Å²) < 4.78 is 5.07. The van der Waals surface area contributed by atoms with Gasteiger partial charge in [-0.15, -0.1) is 0 Å². The maximum Gasteiger partial charge on any atom is 0.323 e. The van der Waals surface area contributed by atoms with Gasteiger partial charge < -0.3 is 15.2 Å². The van der Waals surface area contributed by atoms with Crippen LogP contribution in [-0.4, -0.2) is 36.9 Å². The van der Waals surface area contributed by atoms with Crippen LogP contribution < -0.4 is 5.32 Å². The molecule has 1 aliphatic rings. The molecule has 0 bridgehead atoms. The number of nitrogens with one attached hydrogen (secondary N) is 1. The highest BCUT2D eigenvalue weighted by Gasteiger charge is 2.28. The van der Waals surface area contributed by atoms with Crippen molar-refractivity contribution in [1.82, 2.24) is 5.32 Å². The van der Waals surface area contributed by atoms with Crippen molar-refractivity contribution >= 4 is 5.97 Å². The van der Waals surface area contributed by atoms with Crippen LogP contribution in [0.2, 0.25) is 0 Å². The molecule has 0 radical (unpaired) electrons. The molecule has 2 N–H and O–H groups in total. The summed E-state index contributed by atoms with van der Waals surface area (Å²) >= 11 is 0. The standard InChI is InChI=1S/C14H27NO3/c1-3-6-13(14(17)18-4-2)15-9-11-7-5-8-12(11)10-16/h11-13,15-16H,3-10H2,1-2H3. The second-order valence-electron chi connectivity index (χ2n) is 5.14. The third kappa shape index (κ3) is 4.58. The minimum absolute atomic E-state index is 0.141. The van der Waals surface area contributed by atoms with Crippen LogP contribution in [0.5, 0.6) is 0 Å². The quantitative estimate of drug-likeness (QED) is 0.650. The fraction of sp³-hybridized carbons (Fsp3) is 0.929. The number of esters is 1. The number of rotatable bonds is 8. The van der Waals surface area contributed by atoms with E-state index < -0.39 is 0 Å². The molecule has 3 unspecified atom stereocenters. The van der Waals surface area contributed by atoms with Gasteiger partial charge in [-0.1, -0.05) is 19.8 Å². The van der Waals surface area contributed by atoms with Crippen LogP contribution in [0.15, 0.2) is 0 Å². The highest BCUT2D eigenvalue weighted by Crippen LogP contribution is 2.30. The van der Waals surface area contributed by atoms with Gasteiger partial charge in [0.25, 0.3) is 0 Å². The molecule has 0 heterocycles. The monoisotopic (exact) mass is 257 g/mol. The number of hydrogen-bond acceptors (Lipinski definition) is 4. The second-order valence-corrected chi connectivity index (χ2v) is 5.14. The van der Waals surface area contributed by atoms with Gasteiger partial charge in [-0.3, -0.25) is 4.79 Å². The molecule has 106 valence electrons. The fourth-order valence-electron chi connectivity index (χ4n) is 2.75. The Bertz CT molecular complexity index is 245. The zero-order chi connectivity index (χ0) is 13.4. The van der Waals surface area contributed by atoms with Crippen LogP contribution in [0.3, 0.4) is 0 Å². The van der Waals surface area contributed by atoms with E-state index in [0.29, 0.717) is 18.4 Å². The van der Waals surface area contributed by atoms with Crippen molar-refractivity contribution in [2.24, 2.45) is 11.8 Å². The number of ether oxygens (including phenoxy) is 1. The van der Waals surface area contributed by atoms with Crippen LogP contribution in [-0.2, 0) is 9.53 Å². The van der Waals surface area contributed by atoms with Crippen LogP contribution in [0, 0.1) is 11.8 Å². The molecule has 0 saturated heterocycles. The normalized spacial score (nSPS) is 25.1. The molecule has 0 aromatic heterocycles. The van der Waals surface area contributed by atoms with Crippen LogP contribution in [0.4, 0.5) is 0 Å². The molecule has 18 heavy (non-hydrogen) atoms. The van der Waals surface area contributed by atoms with E-state index in [1.807, 2.05) is 6.92 Å². The van der Waals surface area contributed by atoms with Crippen molar-refractivity contribution in [2.75, 3.05) is 19.8 Å². The third-order valence-corrected chi connectivity index (χ3v) is 3.83.